The SMILES string of the molecule is CCOc1ccc(-c2ccc(N3CCN(C(=O)c4sc(-n5cccc5)nc4C)CC3)nn2)cc1. The molecule has 1 amide bonds. The normalized spacial score (nSPS) is 13.8. The van der Waals surface area contributed by atoms with E-state index in [9.17, 15) is 4.79 Å². The van der Waals surface area contributed by atoms with Crippen molar-refractivity contribution in [2.24, 2.45) is 0 Å². The molecule has 0 saturated carbocycles. The van der Waals surface area contributed by atoms with Gasteiger partial charge in [0, 0.05) is 44.1 Å². The molecule has 4 heterocycles. The molecule has 0 atom stereocenters. The van der Waals surface area contributed by atoms with Gasteiger partial charge in [-0.2, -0.15) is 0 Å². The zero-order valence-corrected chi connectivity index (χ0v) is 20.0. The van der Waals surface area contributed by atoms with Crippen molar-refractivity contribution in [2.75, 3.05) is 37.7 Å². The second kappa shape index (κ2) is 9.64. The number of anilines is 1. The Kier molecular flexibility index (Phi) is 6.27. The third kappa shape index (κ3) is 4.51. The lowest BCUT2D eigenvalue weighted by Gasteiger charge is -2.35. The standard InChI is InChI=1S/C25H26N6O2S/c1-3-33-20-8-6-19(7-9-20)21-10-11-22(28-27-21)29-14-16-30(17-15-29)24(32)23-18(2)26-25(34-23)31-12-4-5-13-31/h4-13H,3,14-17H2,1-2H3. The second-order valence-electron chi connectivity index (χ2n) is 8.01. The zero-order valence-electron chi connectivity index (χ0n) is 19.2. The van der Waals surface area contributed by atoms with Crippen LogP contribution in [0, 0.1) is 6.92 Å². The van der Waals surface area contributed by atoms with Crippen molar-refractivity contribution in [1.29, 1.82) is 0 Å². The number of thiazole rings is 1. The molecule has 1 fully saturated rings. The number of amides is 1. The van der Waals surface area contributed by atoms with Gasteiger partial charge < -0.3 is 19.1 Å². The number of aromatic nitrogens is 4. The molecule has 1 saturated heterocycles. The van der Waals surface area contributed by atoms with Crippen LogP contribution in [0.2, 0.25) is 0 Å². The molecule has 9 heteroatoms. The lowest BCUT2D eigenvalue weighted by molar-refractivity contribution is 0.0750. The molecule has 5 rings (SSSR count). The first-order chi connectivity index (χ1) is 16.6. The molecule has 4 aromatic rings. The van der Waals surface area contributed by atoms with E-state index in [4.69, 9.17) is 4.74 Å². The Labute approximate surface area is 202 Å². The molecule has 0 N–H and O–H groups in total. The molecule has 3 aromatic heterocycles. The van der Waals surface area contributed by atoms with E-state index in [-0.39, 0.29) is 5.91 Å². The average Bonchev–Trinajstić information content (AvgIpc) is 3.55. The van der Waals surface area contributed by atoms with Crippen molar-refractivity contribution >= 4 is 23.1 Å². The van der Waals surface area contributed by atoms with E-state index in [0.29, 0.717) is 37.7 Å². The fraction of sp³-hybridized carbons (Fsp3) is 0.280. The molecule has 0 spiro atoms. The number of hydrogen-bond acceptors (Lipinski definition) is 7. The fourth-order valence-electron chi connectivity index (χ4n) is 3.97. The minimum absolute atomic E-state index is 0.0463. The van der Waals surface area contributed by atoms with Gasteiger partial charge >= 0.3 is 0 Å². The highest BCUT2D eigenvalue weighted by atomic mass is 32.1. The zero-order chi connectivity index (χ0) is 23.5. The van der Waals surface area contributed by atoms with Crippen LogP contribution in [0.1, 0.15) is 22.3 Å². The minimum atomic E-state index is 0.0463. The molecular formula is C25H26N6O2S. The number of benzene rings is 1. The smallest absolute Gasteiger partial charge is 0.266 e. The second-order valence-corrected chi connectivity index (χ2v) is 8.99. The number of carbonyl (C=O) groups is 1. The number of hydrogen-bond donors (Lipinski definition) is 0. The number of carbonyl (C=O) groups excluding carboxylic acids is 1. The maximum atomic E-state index is 13.1. The molecular weight excluding hydrogens is 448 g/mol. The fourth-order valence-corrected chi connectivity index (χ4v) is 4.97. The van der Waals surface area contributed by atoms with Crippen LogP contribution in [0.15, 0.2) is 60.9 Å². The number of nitrogens with zero attached hydrogens (tertiary/aromatic N) is 6. The van der Waals surface area contributed by atoms with Crippen LogP contribution in [0.5, 0.6) is 5.75 Å². The molecule has 1 aliphatic heterocycles. The summed E-state index contributed by atoms with van der Waals surface area (Å²) in [5.41, 5.74) is 2.59. The van der Waals surface area contributed by atoms with Gasteiger partial charge in [0.05, 0.1) is 18.0 Å². The monoisotopic (exact) mass is 474 g/mol. The summed E-state index contributed by atoms with van der Waals surface area (Å²) in [5.74, 6) is 1.72. The Morgan fingerprint density at radius 2 is 1.74 bits per heavy atom. The Morgan fingerprint density at radius 1 is 1.00 bits per heavy atom. The topological polar surface area (TPSA) is 76.4 Å². The van der Waals surface area contributed by atoms with E-state index in [1.807, 2.05) is 84.2 Å². The van der Waals surface area contributed by atoms with Gasteiger partial charge in [-0.1, -0.05) is 11.3 Å². The van der Waals surface area contributed by atoms with Crippen LogP contribution in [0.25, 0.3) is 16.4 Å². The Morgan fingerprint density at radius 3 is 2.38 bits per heavy atom. The van der Waals surface area contributed by atoms with E-state index in [2.05, 4.69) is 20.1 Å². The molecule has 1 aliphatic rings. The molecule has 0 bridgehead atoms. The van der Waals surface area contributed by atoms with Gasteiger partial charge in [-0.05, 0) is 62.4 Å². The maximum absolute atomic E-state index is 13.1. The van der Waals surface area contributed by atoms with Crippen molar-refractivity contribution in [3.05, 3.63) is 71.5 Å². The highest BCUT2D eigenvalue weighted by molar-refractivity contribution is 7.16. The summed E-state index contributed by atoms with van der Waals surface area (Å²) in [6.45, 7) is 7.21. The number of rotatable bonds is 6. The molecule has 1 aromatic carbocycles. The summed E-state index contributed by atoms with van der Waals surface area (Å²) in [5, 5.41) is 9.67. The molecule has 0 radical (unpaired) electrons. The summed E-state index contributed by atoms with van der Waals surface area (Å²) in [6.07, 6.45) is 3.88. The number of aryl methyl sites for hydroxylation is 1. The molecule has 34 heavy (non-hydrogen) atoms. The summed E-state index contributed by atoms with van der Waals surface area (Å²) in [7, 11) is 0. The third-order valence-electron chi connectivity index (χ3n) is 5.81. The van der Waals surface area contributed by atoms with Crippen LogP contribution < -0.4 is 9.64 Å². The third-order valence-corrected chi connectivity index (χ3v) is 6.97. The van der Waals surface area contributed by atoms with E-state index in [1.165, 1.54) is 11.3 Å². The van der Waals surface area contributed by atoms with Gasteiger partial charge in [-0.3, -0.25) is 4.79 Å². The van der Waals surface area contributed by atoms with Crippen molar-refractivity contribution in [1.82, 2.24) is 24.6 Å². The molecule has 8 nitrogen and oxygen atoms in total. The van der Waals surface area contributed by atoms with E-state index in [0.717, 1.165) is 33.7 Å². The van der Waals surface area contributed by atoms with Crippen LogP contribution in [-0.2, 0) is 0 Å². The van der Waals surface area contributed by atoms with Gasteiger partial charge in [0.25, 0.3) is 5.91 Å². The van der Waals surface area contributed by atoms with Gasteiger partial charge in [-0.25, -0.2) is 4.98 Å². The predicted octanol–water partition coefficient (Wildman–Crippen LogP) is 4.06. The summed E-state index contributed by atoms with van der Waals surface area (Å²) in [4.78, 5) is 22.5. The first-order valence-corrected chi connectivity index (χ1v) is 12.2. The molecule has 0 unspecified atom stereocenters. The van der Waals surface area contributed by atoms with Gasteiger partial charge in [0.2, 0.25) is 0 Å². The van der Waals surface area contributed by atoms with Crippen molar-refractivity contribution in [2.45, 2.75) is 13.8 Å². The Bertz CT molecular complexity index is 1240. The van der Waals surface area contributed by atoms with Crippen LogP contribution >= 0.6 is 11.3 Å². The highest BCUT2D eigenvalue weighted by Crippen LogP contribution is 2.25. The van der Waals surface area contributed by atoms with Crippen LogP contribution in [-0.4, -0.2) is 63.3 Å². The lowest BCUT2D eigenvalue weighted by atomic mass is 10.1. The maximum Gasteiger partial charge on any atom is 0.266 e. The first-order valence-electron chi connectivity index (χ1n) is 11.3. The van der Waals surface area contributed by atoms with Crippen molar-refractivity contribution in [3.8, 4) is 22.1 Å². The minimum Gasteiger partial charge on any atom is -0.494 e. The molecule has 174 valence electrons. The van der Waals surface area contributed by atoms with E-state index < -0.39 is 0 Å². The van der Waals surface area contributed by atoms with Gasteiger partial charge in [-0.15, -0.1) is 10.2 Å². The highest BCUT2D eigenvalue weighted by Gasteiger charge is 2.26. The van der Waals surface area contributed by atoms with E-state index in [1.54, 1.807) is 0 Å². The Hall–Kier alpha value is -3.72. The van der Waals surface area contributed by atoms with Crippen molar-refractivity contribution in [3.63, 3.8) is 0 Å². The largest absolute Gasteiger partial charge is 0.494 e. The Balaban J connectivity index is 1.21. The van der Waals surface area contributed by atoms with Crippen LogP contribution in [0.4, 0.5) is 5.82 Å². The summed E-state index contributed by atoms with van der Waals surface area (Å²) < 4.78 is 7.43. The summed E-state index contributed by atoms with van der Waals surface area (Å²) >= 11 is 1.44. The predicted molar refractivity (Wildman–Crippen MR) is 133 cm³/mol. The number of ether oxygens (including phenoxy) is 1. The van der Waals surface area contributed by atoms with Crippen molar-refractivity contribution < 1.29 is 9.53 Å². The van der Waals surface area contributed by atoms with Gasteiger partial charge in [0.15, 0.2) is 10.9 Å². The quantitative estimate of drug-likeness (QED) is 0.420. The summed E-state index contributed by atoms with van der Waals surface area (Å²) in [6, 6.07) is 15.7. The number of piperazine rings is 1. The lowest BCUT2D eigenvalue weighted by Crippen LogP contribution is -2.49. The molecule has 0 aliphatic carbocycles. The average molecular weight is 475 g/mol. The first kappa shape index (κ1) is 22.1. The van der Waals surface area contributed by atoms with E-state index >= 15 is 0 Å². The van der Waals surface area contributed by atoms with Crippen LogP contribution in [0.3, 0.4) is 0 Å². The van der Waals surface area contributed by atoms with Gasteiger partial charge in [0.1, 0.15) is 10.6 Å².